The van der Waals surface area contributed by atoms with Gasteiger partial charge in [0.1, 0.15) is 17.2 Å². The van der Waals surface area contributed by atoms with E-state index in [9.17, 15) is 27.5 Å². The average Bonchev–Trinajstić information content (AvgIpc) is 2.78. The summed E-state index contributed by atoms with van der Waals surface area (Å²) in [6.45, 7) is 1.22. The Morgan fingerprint density at radius 1 is 0.939 bits per heavy atom. The minimum Gasteiger partial charge on any atom is -0.504 e. The highest BCUT2D eigenvalue weighted by Crippen LogP contribution is 2.38. The Balaban J connectivity index is 1.68. The van der Waals surface area contributed by atoms with Crippen LogP contribution in [-0.4, -0.2) is 56.0 Å². The molecule has 3 N–H and O–H groups in total. The molecule has 1 aliphatic heterocycles. The highest BCUT2D eigenvalue weighted by atomic mass is 79.9. The lowest BCUT2D eigenvalue weighted by molar-refractivity contribution is 0.221. The van der Waals surface area contributed by atoms with Crippen LogP contribution in [0.5, 0.6) is 5.75 Å². The van der Waals surface area contributed by atoms with Crippen molar-refractivity contribution >= 4 is 48.7 Å². The van der Waals surface area contributed by atoms with Gasteiger partial charge in [-0.2, -0.15) is 4.31 Å². The fraction of sp³-hybridized carbons (Fsp3) is 0.238. The summed E-state index contributed by atoms with van der Waals surface area (Å²) in [7, 11) is -2.49. The fourth-order valence-corrected chi connectivity index (χ4v) is 5.47. The van der Waals surface area contributed by atoms with Crippen LogP contribution in [-0.2, 0) is 10.0 Å². The fourth-order valence-electron chi connectivity index (χ4n) is 3.51. The monoisotopic (exact) mass is 538 g/mol. The standard InChI is InChI=1S/C21H20BrFN4O5S/c1-26-8-10-27(11-9-26)33(31,32)21-13(23)6-7-15(18(21)28)25-17-16(19(29)20(17)30)24-14-5-3-2-4-12(14)22/h2-7,24-25,28H,8-11H2,1H3. The summed E-state index contributed by atoms with van der Waals surface area (Å²) < 4.78 is 42.4. The summed E-state index contributed by atoms with van der Waals surface area (Å²) in [5.74, 6) is -1.98. The van der Waals surface area contributed by atoms with Crippen molar-refractivity contribution in [2.75, 3.05) is 43.9 Å². The van der Waals surface area contributed by atoms with Crippen molar-refractivity contribution in [3.63, 3.8) is 0 Å². The molecule has 0 aromatic heterocycles. The lowest BCUT2D eigenvalue weighted by Gasteiger charge is -2.31. The summed E-state index contributed by atoms with van der Waals surface area (Å²) in [5.41, 5.74) is -1.54. The lowest BCUT2D eigenvalue weighted by atomic mass is 10.1. The topological polar surface area (TPSA) is 119 Å². The molecule has 0 radical (unpaired) electrons. The number of nitrogens with zero attached hydrogens (tertiary/aromatic N) is 2. The largest absolute Gasteiger partial charge is 0.504 e. The van der Waals surface area contributed by atoms with E-state index in [1.807, 2.05) is 11.9 Å². The predicted octanol–water partition coefficient (Wildman–Crippen LogP) is 2.31. The summed E-state index contributed by atoms with van der Waals surface area (Å²) in [6, 6.07) is 8.91. The zero-order valence-electron chi connectivity index (χ0n) is 17.4. The second-order valence-corrected chi connectivity index (χ2v) is 10.3. The van der Waals surface area contributed by atoms with Crippen LogP contribution >= 0.6 is 15.9 Å². The third kappa shape index (κ3) is 4.26. The molecule has 3 aromatic carbocycles. The van der Waals surface area contributed by atoms with Crippen LogP contribution in [0.15, 0.2) is 55.4 Å². The SMILES string of the molecule is CN1CCN(S(=O)(=O)c2c(F)ccc(Nc3c(Nc4ccccc4Br)c(=O)c3=O)c2O)CC1. The first-order valence-electron chi connectivity index (χ1n) is 9.93. The van der Waals surface area contributed by atoms with Gasteiger partial charge in [-0.1, -0.05) is 12.1 Å². The molecule has 0 bridgehead atoms. The second kappa shape index (κ2) is 8.86. The maximum Gasteiger partial charge on any atom is 0.253 e. The van der Waals surface area contributed by atoms with E-state index in [2.05, 4.69) is 26.6 Å². The van der Waals surface area contributed by atoms with E-state index in [4.69, 9.17) is 0 Å². The number of likely N-dealkylation sites (N-methyl/N-ethyl adjacent to an activating group) is 1. The van der Waals surface area contributed by atoms with Gasteiger partial charge in [0.05, 0.1) is 11.4 Å². The predicted molar refractivity (Wildman–Crippen MR) is 126 cm³/mol. The molecule has 0 spiro atoms. The molecule has 4 rings (SSSR count). The van der Waals surface area contributed by atoms with E-state index >= 15 is 0 Å². The van der Waals surface area contributed by atoms with Gasteiger partial charge in [0.15, 0.2) is 10.6 Å². The van der Waals surface area contributed by atoms with E-state index in [1.54, 1.807) is 24.3 Å². The highest BCUT2D eigenvalue weighted by molar-refractivity contribution is 9.10. The molecule has 174 valence electrons. The molecule has 0 atom stereocenters. The number of hydrogen-bond donors (Lipinski definition) is 3. The number of aromatic hydroxyl groups is 1. The summed E-state index contributed by atoms with van der Waals surface area (Å²) in [5, 5.41) is 16.1. The number of phenols is 1. The number of phenolic OH excluding ortho intramolecular Hbond substituents is 1. The van der Waals surface area contributed by atoms with Crippen LogP contribution in [0.1, 0.15) is 0 Å². The van der Waals surface area contributed by atoms with Crippen molar-refractivity contribution in [1.29, 1.82) is 0 Å². The van der Waals surface area contributed by atoms with Gasteiger partial charge in [-0.15, -0.1) is 0 Å². The molecule has 0 amide bonds. The third-order valence-corrected chi connectivity index (χ3v) is 8.09. The van der Waals surface area contributed by atoms with Gasteiger partial charge < -0.3 is 20.6 Å². The Morgan fingerprint density at radius 2 is 1.52 bits per heavy atom. The summed E-state index contributed by atoms with van der Waals surface area (Å²) >= 11 is 3.33. The summed E-state index contributed by atoms with van der Waals surface area (Å²) in [6.07, 6.45) is 0. The number of benzene rings is 2. The molecule has 0 aliphatic carbocycles. The molecular formula is C21H20BrFN4O5S. The second-order valence-electron chi connectivity index (χ2n) is 7.62. The van der Waals surface area contributed by atoms with Crippen molar-refractivity contribution in [2.45, 2.75) is 4.90 Å². The Labute approximate surface area is 197 Å². The first-order valence-corrected chi connectivity index (χ1v) is 12.2. The highest BCUT2D eigenvalue weighted by Gasteiger charge is 2.34. The third-order valence-electron chi connectivity index (χ3n) is 5.45. The first-order chi connectivity index (χ1) is 15.6. The minimum atomic E-state index is -4.33. The van der Waals surface area contributed by atoms with Gasteiger partial charge >= 0.3 is 0 Å². The molecular weight excluding hydrogens is 519 g/mol. The van der Waals surface area contributed by atoms with E-state index in [0.717, 1.165) is 16.4 Å². The molecule has 1 heterocycles. The van der Waals surface area contributed by atoms with Gasteiger partial charge in [0.25, 0.3) is 10.9 Å². The minimum absolute atomic E-state index is 0.0564. The molecule has 1 saturated heterocycles. The van der Waals surface area contributed by atoms with Crippen molar-refractivity contribution < 1.29 is 17.9 Å². The van der Waals surface area contributed by atoms with E-state index in [1.165, 1.54) is 0 Å². The average molecular weight is 539 g/mol. The zero-order chi connectivity index (χ0) is 23.9. The van der Waals surface area contributed by atoms with Crippen molar-refractivity contribution in [1.82, 2.24) is 9.21 Å². The number of para-hydroxylation sites is 1. The van der Waals surface area contributed by atoms with Crippen molar-refractivity contribution in [2.24, 2.45) is 0 Å². The molecule has 9 nitrogen and oxygen atoms in total. The number of sulfonamides is 1. The number of nitrogens with one attached hydrogen (secondary N) is 2. The Bertz CT molecular complexity index is 1400. The molecule has 0 saturated carbocycles. The van der Waals surface area contributed by atoms with Crippen LogP contribution < -0.4 is 21.5 Å². The molecule has 33 heavy (non-hydrogen) atoms. The van der Waals surface area contributed by atoms with Crippen LogP contribution in [0.3, 0.4) is 0 Å². The van der Waals surface area contributed by atoms with Crippen LogP contribution in [0, 0.1) is 5.82 Å². The summed E-state index contributed by atoms with van der Waals surface area (Å²) in [4.78, 5) is 25.4. The van der Waals surface area contributed by atoms with E-state index < -0.39 is 37.3 Å². The van der Waals surface area contributed by atoms with Crippen LogP contribution in [0.2, 0.25) is 0 Å². The normalized spacial score (nSPS) is 15.6. The van der Waals surface area contributed by atoms with Crippen LogP contribution in [0.25, 0.3) is 0 Å². The van der Waals surface area contributed by atoms with Crippen LogP contribution in [0.4, 0.5) is 27.1 Å². The van der Waals surface area contributed by atoms with E-state index in [0.29, 0.717) is 23.2 Å². The maximum absolute atomic E-state index is 14.6. The zero-order valence-corrected chi connectivity index (χ0v) is 19.8. The van der Waals surface area contributed by atoms with Gasteiger partial charge in [-0.25, -0.2) is 12.8 Å². The molecule has 3 aromatic rings. The molecule has 0 unspecified atom stereocenters. The quantitative estimate of drug-likeness (QED) is 0.323. The van der Waals surface area contributed by atoms with Crippen molar-refractivity contribution in [3.05, 3.63) is 67.1 Å². The number of rotatable bonds is 6. The number of piperazine rings is 1. The maximum atomic E-state index is 14.6. The van der Waals surface area contributed by atoms with Gasteiger partial charge in [0, 0.05) is 30.7 Å². The Morgan fingerprint density at radius 3 is 2.12 bits per heavy atom. The number of anilines is 4. The molecule has 1 fully saturated rings. The lowest BCUT2D eigenvalue weighted by Crippen LogP contribution is -2.47. The molecule has 12 heteroatoms. The van der Waals surface area contributed by atoms with Crippen molar-refractivity contribution in [3.8, 4) is 5.75 Å². The van der Waals surface area contributed by atoms with Gasteiger partial charge in [0.2, 0.25) is 10.0 Å². The Hall–Kier alpha value is -2.80. The van der Waals surface area contributed by atoms with Gasteiger partial charge in [-0.05, 0) is 47.2 Å². The van der Waals surface area contributed by atoms with Gasteiger partial charge in [-0.3, -0.25) is 9.59 Å². The Kier molecular flexibility index (Phi) is 6.27. The van der Waals surface area contributed by atoms with E-state index in [-0.39, 0.29) is 30.2 Å². The molecule has 1 aliphatic rings. The smallest absolute Gasteiger partial charge is 0.253 e. The number of halogens is 2. The number of hydrogen-bond acceptors (Lipinski definition) is 8. The first kappa shape index (κ1) is 23.4.